The van der Waals surface area contributed by atoms with Crippen LogP contribution in [0.1, 0.15) is 37.7 Å². The minimum Gasteiger partial charge on any atom is -0.506 e. The Morgan fingerprint density at radius 3 is 2.77 bits per heavy atom. The second kappa shape index (κ2) is 9.53. The number of fused-ring (bicyclic) bond motifs is 1. The van der Waals surface area contributed by atoms with Gasteiger partial charge in [-0.05, 0) is 50.2 Å². The first-order valence-electron chi connectivity index (χ1n) is 10.8. The van der Waals surface area contributed by atoms with E-state index in [1.54, 1.807) is 12.1 Å². The fourth-order valence-electron chi connectivity index (χ4n) is 3.89. The Kier molecular flexibility index (Phi) is 6.59. The molecular weight excluding hydrogens is 388 g/mol. The molecule has 0 spiro atoms. The maximum Gasteiger partial charge on any atom is 0.338 e. The zero-order valence-corrected chi connectivity index (χ0v) is 17.1. The summed E-state index contributed by atoms with van der Waals surface area (Å²) in [6.07, 6.45) is 5.11. The topological polar surface area (TPSA) is 112 Å². The molecule has 1 aromatic carbocycles. The second-order valence-corrected chi connectivity index (χ2v) is 8.28. The van der Waals surface area contributed by atoms with Gasteiger partial charge in [0, 0.05) is 37.7 Å². The van der Waals surface area contributed by atoms with E-state index in [0.717, 1.165) is 38.0 Å². The highest BCUT2D eigenvalue weighted by Crippen LogP contribution is 2.38. The largest absolute Gasteiger partial charge is 0.506 e. The van der Waals surface area contributed by atoms with Gasteiger partial charge in [0.1, 0.15) is 18.1 Å². The van der Waals surface area contributed by atoms with Crippen LogP contribution in [0.15, 0.2) is 12.1 Å². The number of nitrogens with one attached hydrogen (secondary N) is 3. The summed E-state index contributed by atoms with van der Waals surface area (Å²) >= 11 is 0. The maximum absolute atomic E-state index is 11.9. The second-order valence-electron chi connectivity index (χ2n) is 8.28. The lowest BCUT2D eigenvalue weighted by Gasteiger charge is -2.32. The number of carbonyl (C=O) groups is 2. The molecule has 9 heteroatoms. The first kappa shape index (κ1) is 20.7. The van der Waals surface area contributed by atoms with Gasteiger partial charge in [-0.1, -0.05) is 0 Å². The number of aromatic hydroxyl groups is 1. The van der Waals surface area contributed by atoms with Crippen molar-refractivity contribution in [3.8, 4) is 11.5 Å². The normalized spacial score (nSPS) is 19.7. The van der Waals surface area contributed by atoms with E-state index in [1.807, 2.05) is 0 Å². The summed E-state index contributed by atoms with van der Waals surface area (Å²) in [5.74, 6) is 1.31. The Morgan fingerprint density at radius 1 is 1.20 bits per heavy atom. The molecule has 1 aliphatic carbocycles. The van der Waals surface area contributed by atoms with Crippen molar-refractivity contribution in [3.05, 3.63) is 17.7 Å². The van der Waals surface area contributed by atoms with E-state index < -0.39 is 0 Å². The van der Waals surface area contributed by atoms with Crippen LogP contribution < -0.4 is 20.9 Å². The van der Waals surface area contributed by atoms with Crippen molar-refractivity contribution in [1.82, 2.24) is 15.7 Å². The van der Waals surface area contributed by atoms with Crippen LogP contribution in [-0.4, -0.2) is 60.8 Å². The molecule has 0 bridgehead atoms. The standard InChI is InChI=1S/C21H30N4O5/c26-17-4-5-18(16-3-6-19(27)23-20(16)17)29-12-11-25-9-7-15(8-10-25)22-21(28)24-30-13-14-1-2-14/h4-5,14-15,26H,1-3,6-13H2,(H,23,27)(H2,22,24,28). The summed E-state index contributed by atoms with van der Waals surface area (Å²) in [6, 6.07) is 3.20. The van der Waals surface area contributed by atoms with Crippen molar-refractivity contribution in [2.45, 2.75) is 44.6 Å². The van der Waals surface area contributed by atoms with Crippen molar-refractivity contribution in [2.24, 2.45) is 5.92 Å². The van der Waals surface area contributed by atoms with Gasteiger partial charge >= 0.3 is 6.03 Å². The molecule has 0 unspecified atom stereocenters. The molecule has 0 aromatic heterocycles. The summed E-state index contributed by atoms with van der Waals surface area (Å²) in [4.78, 5) is 31.0. The molecule has 1 saturated heterocycles. The Morgan fingerprint density at radius 2 is 2.00 bits per heavy atom. The lowest BCUT2D eigenvalue weighted by atomic mass is 10.0. The third-order valence-electron chi connectivity index (χ3n) is 5.88. The molecule has 0 radical (unpaired) electrons. The number of amides is 3. The average molecular weight is 418 g/mol. The predicted octanol–water partition coefficient (Wildman–Crippen LogP) is 1.76. The number of piperidine rings is 1. The Hall–Kier alpha value is -2.52. The summed E-state index contributed by atoms with van der Waals surface area (Å²) < 4.78 is 5.96. The zero-order valence-electron chi connectivity index (χ0n) is 17.1. The number of phenolic OH excluding ortho intramolecular Hbond substituents is 1. The van der Waals surface area contributed by atoms with E-state index in [2.05, 4.69) is 21.0 Å². The van der Waals surface area contributed by atoms with Crippen LogP contribution in [0.3, 0.4) is 0 Å². The SMILES string of the molecule is O=C1CCc2c(OCCN3CCC(NC(=O)NOCC4CC4)CC3)ccc(O)c2N1. The number of carbonyl (C=O) groups excluding carboxylic acids is 2. The molecule has 0 atom stereocenters. The van der Waals surface area contributed by atoms with E-state index in [-0.39, 0.29) is 23.7 Å². The number of hydroxylamine groups is 1. The van der Waals surface area contributed by atoms with Gasteiger partial charge < -0.3 is 20.5 Å². The number of nitrogens with zero attached hydrogens (tertiary/aromatic N) is 1. The van der Waals surface area contributed by atoms with Gasteiger partial charge in [0.2, 0.25) is 5.91 Å². The van der Waals surface area contributed by atoms with Gasteiger partial charge in [-0.25, -0.2) is 10.3 Å². The molecule has 3 amide bonds. The Balaban J connectivity index is 1.15. The summed E-state index contributed by atoms with van der Waals surface area (Å²) in [6.45, 7) is 3.69. The molecular formula is C21H30N4O5. The summed E-state index contributed by atoms with van der Waals surface area (Å²) in [5, 5.41) is 15.7. The van der Waals surface area contributed by atoms with Crippen LogP contribution in [0.2, 0.25) is 0 Å². The third kappa shape index (κ3) is 5.54. The van der Waals surface area contributed by atoms with Gasteiger partial charge in [-0.2, -0.15) is 0 Å². The number of hydrogen-bond acceptors (Lipinski definition) is 6. The maximum atomic E-state index is 11.9. The molecule has 4 rings (SSSR count). The van der Waals surface area contributed by atoms with Crippen LogP contribution in [-0.2, 0) is 16.1 Å². The van der Waals surface area contributed by atoms with Crippen molar-refractivity contribution >= 4 is 17.6 Å². The monoisotopic (exact) mass is 418 g/mol. The average Bonchev–Trinajstić information content (AvgIpc) is 3.56. The predicted molar refractivity (Wildman–Crippen MR) is 110 cm³/mol. The van der Waals surface area contributed by atoms with Gasteiger partial charge in [0.15, 0.2) is 0 Å². The fourth-order valence-corrected chi connectivity index (χ4v) is 3.89. The van der Waals surface area contributed by atoms with E-state index in [0.29, 0.717) is 43.4 Å². The van der Waals surface area contributed by atoms with E-state index in [1.165, 1.54) is 12.8 Å². The van der Waals surface area contributed by atoms with Gasteiger partial charge in [0.05, 0.1) is 12.3 Å². The molecule has 30 heavy (non-hydrogen) atoms. The highest BCUT2D eigenvalue weighted by Gasteiger charge is 2.24. The van der Waals surface area contributed by atoms with Crippen LogP contribution in [0.5, 0.6) is 11.5 Å². The fraction of sp³-hybridized carbons (Fsp3) is 0.619. The molecule has 9 nitrogen and oxygen atoms in total. The van der Waals surface area contributed by atoms with E-state index >= 15 is 0 Å². The molecule has 2 fully saturated rings. The number of urea groups is 1. The van der Waals surface area contributed by atoms with E-state index in [4.69, 9.17) is 9.57 Å². The number of anilines is 1. The van der Waals surface area contributed by atoms with Crippen LogP contribution in [0.25, 0.3) is 0 Å². The highest BCUT2D eigenvalue weighted by atomic mass is 16.7. The highest BCUT2D eigenvalue weighted by molar-refractivity contribution is 5.96. The smallest absolute Gasteiger partial charge is 0.338 e. The van der Waals surface area contributed by atoms with Crippen molar-refractivity contribution < 1.29 is 24.3 Å². The number of hydrogen-bond donors (Lipinski definition) is 4. The lowest BCUT2D eigenvalue weighted by Crippen LogP contribution is -2.48. The molecule has 2 aliphatic heterocycles. The molecule has 1 aromatic rings. The van der Waals surface area contributed by atoms with Crippen LogP contribution in [0.4, 0.5) is 10.5 Å². The minimum absolute atomic E-state index is 0.0712. The first-order chi connectivity index (χ1) is 14.6. The molecule has 4 N–H and O–H groups in total. The zero-order chi connectivity index (χ0) is 20.9. The van der Waals surface area contributed by atoms with Crippen LogP contribution >= 0.6 is 0 Å². The number of phenols is 1. The minimum atomic E-state index is -0.262. The quantitative estimate of drug-likeness (QED) is 0.378. The van der Waals surface area contributed by atoms with E-state index in [9.17, 15) is 14.7 Å². The molecule has 2 heterocycles. The third-order valence-corrected chi connectivity index (χ3v) is 5.88. The summed E-state index contributed by atoms with van der Waals surface area (Å²) in [5.41, 5.74) is 3.79. The number of rotatable bonds is 8. The summed E-state index contributed by atoms with van der Waals surface area (Å²) in [7, 11) is 0. The van der Waals surface area contributed by atoms with Crippen molar-refractivity contribution in [1.29, 1.82) is 0 Å². The lowest BCUT2D eigenvalue weighted by molar-refractivity contribution is -0.116. The number of benzene rings is 1. The molecule has 164 valence electrons. The molecule has 3 aliphatic rings. The first-order valence-corrected chi connectivity index (χ1v) is 10.8. The van der Waals surface area contributed by atoms with Gasteiger partial charge in [0.25, 0.3) is 0 Å². The van der Waals surface area contributed by atoms with Crippen LogP contribution in [0, 0.1) is 5.92 Å². The number of likely N-dealkylation sites (tertiary alicyclic amines) is 1. The Bertz CT molecular complexity index is 775. The van der Waals surface area contributed by atoms with Crippen molar-refractivity contribution in [2.75, 3.05) is 38.2 Å². The van der Waals surface area contributed by atoms with Gasteiger partial charge in [-0.3, -0.25) is 14.5 Å². The Labute approximate surface area is 176 Å². The van der Waals surface area contributed by atoms with Gasteiger partial charge in [-0.15, -0.1) is 0 Å². The number of ether oxygens (including phenoxy) is 1. The molecule has 1 saturated carbocycles. The van der Waals surface area contributed by atoms with Crippen molar-refractivity contribution in [3.63, 3.8) is 0 Å².